The summed E-state index contributed by atoms with van der Waals surface area (Å²) < 4.78 is 18.8. The molecule has 1 saturated heterocycles. The molecule has 0 atom stereocenters. The minimum atomic E-state index is -0.437. The number of halogens is 1. The molecule has 2 aromatic rings. The number of hydrogen-bond acceptors (Lipinski definition) is 6. The van der Waals surface area contributed by atoms with Crippen molar-refractivity contribution in [3.63, 3.8) is 0 Å². The third kappa shape index (κ3) is 4.28. The van der Waals surface area contributed by atoms with Gasteiger partial charge < -0.3 is 9.94 Å². The summed E-state index contributed by atoms with van der Waals surface area (Å²) in [6.07, 6.45) is 1.60. The zero-order valence-electron chi connectivity index (χ0n) is 13.3. The van der Waals surface area contributed by atoms with E-state index in [9.17, 15) is 14.0 Å². The second-order valence-electron chi connectivity index (χ2n) is 5.27. The van der Waals surface area contributed by atoms with E-state index in [1.165, 1.54) is 18.2 Å². The number of carbonyl (C=O) groups is 2. The van der Waals surface area contributed by atoms with E-state index in [-0.39, 0.29) is 12.3 Å². The molecule has 2 N–H and O–H groups in total. The number of imide groups is 1. The molecular formula is C18H13FN2O4S. The number of oxime groups is 1. The van der Waals surface area contributed by atoms with Gasteiger partial charge in [-0.3, -0.25) is 14.9 Å². The van der Waals surface area contributed by atoms with E-state index in [2.05, 4.69) is 10.5 Å². The van der Waals surface area contributed by atoms with E-state index in [1.54, 1.807) is 36.4 Å². The number of benzene rings is 2. The van der Waals surface area contributed by atoms with E-state index in [0.29, 0.717) is 16.2 Å². The lowest BCUT2D eigenvalue weighted by molar-refractivity contribution is -0.115. The van der Waals surface area contributed by atoms with Gasteiger partial charge in [-0.05, 0) is 47.7 Å². The summed E-state index contributed by atoms with van der Waals surface area (Å²) >= 11 is 0.845. The van der Waals surface area contributed by atoms with Crippen LogP contribution in [0.15, 0.2) is 58.6 Å². The quantitative estimate of drug-likeness (QED) is 0.363. The van der Waals surface area contributed by atoms with Crippen LogP contribution in [-0.2, 0) is 4.79 Å². The molecule has 0 aliphatic carbocycles. The minimum absolute atomic E-state index is 0.0485. The van der Waals surface area contributed by atoms with Gasteiger partial charge in [-0.2, -0.15) is 0 Å². The van der Waals surface area contributed by atoms with Crippen LogP contribution in [0.2, 0.25) is 0 Å². The summed E-state index contributed by atoms with van der Waals surface area (Å²) in [6.45, 7) is -0.0485. The van der Waals surface area contributed by atoms with Crippen LogP contribution in [-0.4, -0.2) is 28.7 Å². The first-order valence-electron chi connectivity index (χ1n) is 7.50. The van der Waals surface area contributed by atoms with Crippen LogP contribution in [0.5, 0.6) is 5.75 Å². The van der Waals surface area contributed by atoms with E-state index in [0.717, 1.165) is 17.3 Å². The molecule has 0 spiro atoms. The maximum atomic E-state index is 13.3. The Labute approximate surface area is 152 Å². The number of carbonyl (C=O) groups excluding carboxylic acids is 2. The highest BCUT2D eigenvalue weighted by atomic mass is 32.2. The van der Waals surface area contributed by atoms with Crippen LogP contribution in [0.3, 0.4) is 0 Å². The Morgan fingerprint density at radius 2 is 2.00 bits per heavy atom. The Kier molecular flexibility index (Phi) is 5.33. The Morgan fingerprint density at radius 1 is 1.23 bits per heavy atom. The lowest BCUT2D eigenvalue weighted by atomic mass is 10.1. The fraction of sp³-hybridized carbons (Fsp3) is 0.0556. The second kappa shape index (κ2) is 7.83. The van der Waals surface area contributed by atoms with Crippen molar-refractivity contribution in [1.29, 1.82) is 0 Å². The summed E-state index contributed by atoms with van der Waals surface area (Å²) in [5.74, 6) is -0.350. The topological polar surface area (TPSA) is 88.0 Å². The molecule has 0 saturated carbocycles. The lowest BCUT2D eigenvalue weighted by Crippen LogP contribution is -2.17. The second-order valence-corrected chi connectivity index (χ2v) is 6.28. The summed E-state index contributed by atoms with van der Waals surface area (Å²) in [5.41, 5.74) is 1.34. The maximum absolute atomic E-state index is 13.3. The lowest BCUT2D eigenvalue weighted by Gasteiger charge is -2.08. The molecule has 0 aromatic heterocycles. The van der Waals surface area contributed by atoms with Gasteiger partial charge in [0.25, 0.3) is 11.1 Å². The first-order valence-corrected chi connectivity index (χ1v) is 8.31. The minimum Gasteiger partial charge on any atom is -0.487 e. The standard InChI is InChI=1S/C18H13FN2O4S/c19-13-3-1-2-12(9-13)15(21-24)10-25-14-6-4-11(5-7-14)8-16-17(22)20-18(23)26-16/h1-9,24H,10H2,(H,20,22,23)/b16-8-,21-15?. The summed E-state index contributed by atoms with van der Waals surface area (Å²) in [4.78, 5) is 23.0. The molecule has 8 heteroatoms. The Balaban J connectivity index is 1.65. The molecule has 2 amide bonds. The molecule has 1 fully saturated rings. The van der Waals surface area contributed by atoms with Gasteiger partial charge in [0.2, 0.25) is 0 Å². The fourth-order valence-corrected chi connectivity index (χ4v) is 2.90. The molecule has 1 heterocycles. The van der Waals surface area contributed by atoms with Gasteiger partial charge in [-0.1, -0.05) is 29.4 Å². The van der Waals surface area contributed by atoms with E-state index in [4.69, 9.17) is 9.94 Å². The highest BCUT2D eigenvalue weighted by Gasteiger charge is 2.24. The van der Waals surface area contributed by atoms with Gasteiger partial charge in [0.05, 0.1) is 4.91 Å². The number of nitrogens with zero attached hydrogens (tertiary/aromatic N) is 1. The Bertz CT molecular complexity index is 910. The number of ether oxygens (including phenoxy) is 1. The highest BCUT2D eigenvalue weighted by molar-refractivity contribution is 8.18. The number of nitrogens with one attached hydrogen (secondary N) is 1. The Hall–Kier alpha value is -3.13. The Morgan fingerprint density at radius 3 is 2.62 bits per heavy atom. The highest BCUT2D eigenvalue weighted by Crippen LogP contribution is 2.26. The summed E-state index contributed by atoms with van der Waals surface area (Å²) in [6, 6.07) is 12.5. The van der Waals surface area contributed by atoms with Gasteiger partial charge in [0.15, 0.2) is 0 Å². The van der Waals surface area contributed by atoms with Gasteiger partial charge in [-0.25, -0.2) is 4.39 Å². The van der Waals surface area contributed by atoms with E-state index >= 15 is 0 Å². The van der Waals surface area contributed by atoms with Crippen LogP contribution in [0, 0.1) is 5.82 Å². The van der Waals surface area contributed by atoms with Crippen LogP contribution >= 0.6 is 11.8 Å². The molecular weight excluding hydrogens is 359 g/mol. The van der Waals surface area contributed by atoms with Gasteiger partial charge in [-0.15, -0.1) is 0 Å². The van der Waals surface area contributed by atoms with E-state index in [1.807, 2.05) is 0 Å². The molecule has 0 bridgehead atoms. The number of thioether (sulfide) groups is 1. The van der Waals surface area contributed by atoms with Crippen molar-refractivity contribution >= 4 is 34.7 Å². The van der Waals surface area contributed by atoms with Crippen molar-refractivity contribution in [2.24, 2.45) is 5.16 Å². The average molecular weight is 372 g/mol. The van der Waals surface area contributed by atoms with Gasteiger partial charge >= 0.3 is 0 Å². The molecule has 132 valence electrons. The molecule has 2 aromatic carbocycles. The third-order valence-corrected chi connectivity index (χ3v) is 4.28. The molecule has 1 aliphatic heterocycles. The fourth-order valence-electron chi connectivity index (χ4n) is 2.22. The number of hydrogen-bond donors (Lipinski definition) is 2. The zero-order valence-corrected chi connectivity index (χ0v) is 14.1. The van der Waals surface area contributed by atoms with Crippen molar-refractivity contribution in [1.82, 2.24) is 5.32 Å². The number of rotatable bonds is 5. The molecule has 3 rings (SSSR count). The predicted octanol–water partition coefficient (Wildman–Crippen LogP) is 3.41. The van der Waals surface area contributed by atoms with E-state index < -0.39 is 17.0 Å². The van der Waals surface area contributed by atoms with Crippen LogP contribution in [0.4, 0.5) is 9.18 Å². The van der Waals surface area contributed by atoms with Crippen LogP contribution < -0.4 is 10.1 Å². The molecule has 0 unspecified atom stereocenters. The summed E-state index contributed by atoms with van der Waals surface area (Å²) in [7, 11) is 0. The third-order valence-electron chi connectivity index (χ3n) is 3.47. The number of amides is 2. The summed E-state index contributed by atoms with van der Waals surface area (Å²) in [5, 5.41) is 14.1. The van der Waals surface area contributed by atoms with Crippen molar-refractivity contribution in [3.05, 3.63) is 70.4 Å². The maximum Gasteiger partial charge on any atom is 0.290 e. The van der Waals surface area contributed by atoms with Crippen molar-refractivity contribution in [2.75, 3.05) is 6.61 Å². The van der Waals surface area contributed by atoms with Gasteiger partial charge in [0, 0.05) is 5.56 Å². The van der Waals surface area contributed by atoms with Crippen molar-refractivity contribution in [2.45, 2.75) is 0 Å². The normalized spacial score (nSPS) is 16.0. The zero-order chi connectivity index (χ0) is 18.5. The largest absolute Gasteiger partial charge is 0.487 e. The average Bonchev–Trinajstić information content (AvgIpc) is 2.94. The van der Waals surface area contributed by atoms with Gasteiger partial charge in [0.1, 0.15) is 23.9 Å². The van der Waals surface area contributed by atoms with Crippen LogP contribution in [0.1, 0.15) is 11.1 Å². The molecule has 1 aliphatic rings. The smallest absolute Gasteiger partial charge is 0.290 e. The first-order chi connectivity index (χ1) is 12.5. The monoisotopic (exact) mass is 372 g/mol. The SMILES string of the molecule is O=C1NC(=O)/C(=C/c2ccc(OCC(=NO)c3cccc(F)c3)cc2)S1. The van der Waals surface area contributed by atoms with Crippen molar-refractivity contribution < 1.29 is 23.9 Å². The molecule has 6 nitrogen and oxygen atoms in total. The molecule has 26 heavy (non-hydrogen) atoms. The first kappa shape index (κ1) is 17.7. The predicted molar refractivity (Wildman–Crippen MR) is 95.8 cm³/mol. The van der Waals surface area contributed by atoms with Crippen LogP contribution in [0.25, 0.3) is 6.08 Å². The molecule has 0 radical (unpaired) electrons. The van der Waals surface area contributed by atoms with Crippen molar-refractivity contribution in [3.8, 4) is 5.75 Å².